The van der Waals surface area contributed by atoms with E-state index in [1.165, 1.54) is 48.2 Å². The standard InChI is InChI=1S/C18H14F3N3O2S/c1-24-16(12-2-6-13(19)7-3-12)22-23-18(24)27-10-15(25)11-4-8-14(9-5-11)26-17(20)21/h2-9,17H,10H2,1H3. The van der Waals surface area contributed by atoms with Crippen LogP contribution in [-0.4, -0.2) is 32.9 Å². The number of aromatic nitrogens is 3. The van der Waals surface area contributed by atoms with Crippen molar-refractivity contribution in [2.24, 2.45) is 7.05 Å². The summed E-state index contributed by atoms with van der Waals surface area (Å²) >= 11 is 1.20. The third-order valence-corrected chi connectivity index (χ3v) is 4.69. The van der Waals surface area contributed by atoms with Gasteiger partial charge >= 0.3 is 6.61 Å². The molecule has 1 aromatic heterocycles. The summed E-state index contributed by atoms with van der Waals surface area (Å²) < 4.78 is 43.3. The Bertz CT molecular complexity index is 928. The molecule has 5 nitrogen and oxygen atoms in total. The molecule has 0 saturated heterocycles. The molecule has 0 atom stereocenters. The minimum Gasteiger partial charge on any atom is -0.435 e. The van der Waals surface area contributed by atoms with Crippen molar-refractivity contribution in [3.63, 3.8) is 0 Å². The van der Waals surface area contributed by atoms with Crippen molar-refractivity contribution in [3.8, 4) is 17.1 Å². The molecule has 3 aromatic rings. The van der Waals surface area contributed by atoms with Gasteiger partial charge in [-0.3, -0.25) is 4.79 Å². The number of thioether (sulfide) groups is 1. The predicted octanol–water partition coefficient (Wildman–Crippen LogP) is 4.20. The number of rotatable bonds is 7. The zero-order valence-electron chi connectivity index (χ0n) is 14.1. The van der Waals surface area contributed by atoms with Gasteiger partial charge in [0, 0.05) is 18.2 Å². The number of ketones is 1. The first-order valence-corrected chi connectivity index (χ1v) is 8.79. The van der Waals surface area contributed by atoms with Gasteiger partial charge < -0.3 is 9.30 Å². The lowest BCUT2D eigenvalue weighted by molar-refractivity contribution is -0.0498. The molecular weight excluding hydrogens is 379 g/mol. The van der Waals surface area contributed by atoms with E-state index in [9.17, 15) is 18.0 Å². The molecule has 2 aromatic carbocycles. The van der Waals surface area contributed by atoms with Crippen LogP contribution in [0.5, 0.6) is 5.75 Å². The molecule has 0 aliphatic rings. The second-order valence-corrected chi connectivity index (χ2v) is 6.43. The fourth-order valence-corrected chi connectivity index (χ4v) is 3.13. The van der Waals surface area contributed by atoms with E-state index in [1.807, 2.05) is 0 Å². The van der Waals surface area contributed by atoms with Crippen molar-refractivity contribution in [1.82, 2.24) is 14.8 Å². The average Bonchev–Trinajstić information content (AvgIpc) is 3.01. The van der Waals surface area contributed by atoms with Gasteiger partial charge in [0.05, 0.1) is 5.75 Å². The van der Waals surface area contributed by atoms with Gasteiger partial charge in [0.2, 0.25) is 0 Å². The zero-order chi connectivity index (χ0) is 19.4. The molecule has 0 radical (unpaired) electrons. The molecule has 1 heterocycles. The molecule has 9 heteroatoms. The smallest absolute Gasteiger partial charge is 0.387 e. The van der Waals surface area contributed by atoms with Crippen LogP contribution in [-0.2, 0) is 7.05 Å². The fraction of sp³-hybridized carbons (Fsp3) is 0.167. The Labute approximate surface area is 157 Å². The number of ether oxygens (including phenoxy) is 1. The van der Waals surface area contributed by atoms with E-state index in [-0.39, 0.29) is 23.1 Å². The summed E-state index contributed by atoms with van der Waals surface area (Å²) in [5.41, 5.74) is 1.09. The molecule has 0 saturated carbocycles. The zero-order valence-corrected chi connectivity index (χ0v) is 14.9. The number of halogens is 3. The second-order valence-electron chi connectivity index (χ2n) is 5.49. The number of alkyl halides is 2. The summed E-state index contributed by atoms with van der Waals surface area (Å²) in [6.45, 7) is -2.91. The minimum absolute atomic E-state index is 0.00792. The monoisotopic (exact) mass is 393 g/mol. The third-order valence-electron chi connectivity index (χ3n) is 3.67. The summed E-state index contributed by atoms with van der Waals surface area (Å²) in [6, 6.07) is 11.4. The first-order chi connectivity index (χ1) is 12.9. The van der Waals surface area contributed by atoms with Crippen molar-refractivity contribution in [3.05, 3.63) is 59.9 Å². The Morgan fingerprint density at radius 2 is 1.78 bits per heavy atom. The molecule has 0 aliphatic carbocycles. The second kappa shape index (κ2) is 8.26. The van der Waals surface area contributed by atoms with Gasteiger partial charge in [0.1, 0.15) is 11.6 Å². The number of hydrogen-bond donors (Lipinski definition) is 0. The molecule has 0 spiro atoms. The van der Waals surface area contributed by atoms with Crippen molar-refractivity contribution in [2.75, 3.05) is 5.75 Å². The highest BCUT2D eigenvalue weighted by Crippen LogP contribution is 2.24. The molecule has 0 bridgehead atoms. The summed E-state index contributed by atoms with van der Waals surface area (Å²) in [5.74, 6) is 0.121. The van der Waals surface area contributed by atoms with E-state index in [0.717, 1.165) is 0 Å². The van der Waals surface area contributed by atoms with Crippen LogP contribution in [0.25, 0.3) is 11.4 Å². The number of nitrogens with zero attached hydrogens (tertiary/aromatic N) is 3. The molecule has 140 valence electrons. The van der Waals surface area contributed by atoms with Crippen LogP contribution in [0, 0.1) is 5.82 Å². The Morgan fingerprint density at radius 1 is 1.11 bits per heavy atom. The highest BCUT2D eigenvalue weighted by Gasteiger charge is 2.14. The Morgan fingerprint density at radius 3 is 2.41 bits per heavy atom. The van der Waals surface area contributed by atoms with Gasteiger partial charge in [-0.15, -0.1) is 10.2 Å². The van der Waals surface area contributed by atoms with E-state index in [1.54, 1.807) is 23.7 Å². The highest BCUT2D eigenvalue weighted by molar-refractivity contribution is 7.99. The number of Topliss-reactive ketones (excluding diaryl/α,β-unsaturated/α-hetero) is 1. The predicted molar refractivity (Wildman–Crippen MR) is 94.5 cm³/mol. The summed E-state index contributed by atoms with van der Waals surface area (Å²) in [7, 11) is 1.75. The Kier molecular flexibility index (Phi) is 5.80. The van der Waals surface area contributed by atoms with Crippen molar-refractivity contribution >= 4 is 17.5 Å². The molecule has 0 N–H and O–H groups in total. The maximum absolute atomic E-state index is 13.0. The average molecular weight is 393 g/mol. The fourth-order valence-electron chi connectivity index (χ4n) is 2.33. The van der Waals surface area contributed by atoms with Gasteiger partial charge in [-0.1, -0.05) is 11.8 Å². The quantitative estimate of drug-likeness (QED) is 0.445. The summed E-state index contributed by atoms with van der Waals surface area (Å²) in [6.07, 6.45) is 0. The lowest BCUT2D eigenvalue weighted by atomic mass is 10.1. The van der Waals surface area contributed by atoms with Crippen LogP contribution in [0.3, 0.4) is 0 Å². The van der Waals surface area contributed by atoms with Gasteiger partial charge in [-0.25, -0.2) is 4.39 Å². The van der Waals surface area contributed by atoms with Crippen LogP contribution in [0.4, 0.5) is 13.2 Å². The maximum Gasteiger partial charge on any atom is 0.387 e. The van der Waals surface area contributed by atoms with E-state index in [0.29, 0.717) is 22.1 Å². The third kappa shape index (κ3) is 4.68. The first-order valence-electron chi connectivity index (χ1n) is 7.80. The van der Waals surface area contributed by atoms with Gasteiger partial charge in [0.25, 0.3) is 0 Å². The van der Waals surface area contributed by atoms with Crippen LogP contribution in [0.2, 0.25) is 0 Å². The van der Waals surface area contributed by atoms with Crippen molar-refractivity contribution in [2.45, 2.75) is 11.8 Å². The van der Waals surface area contributed by atoms with Gasteiger partial charge in [-0.2, -0.15) is 8.78 Å². The van der Waals surface area contributed by atoms with Crippen LogP contribution < -0.4 is 4.74 Å². The largest absolute Gasteiger partial charge is 0.435 e. The summed E-state index contributed by atoms with van der Waals surface area (Å²) in [4.78, 5) is 12.3. The molecule has 27 heavy (non-hydrogen) atoms. The van der Waals surface area contributed by atoms with Gasteiger partial charge in [0.15, 0.2) is 16.8 Å². The SMILES string of the molecule is Cn1c(SCC(=O)c2ccc(OC(F)F)cc2)nnc1-c1ccc(F)cc1. The number of hydrogen-bond acceptors (Lipinski definition) is 5. The highest BCUT2D eigenvalue weighted by atomic mass is 32.2. The lowest BCUT2D eigenvalue weighted by Gasteiger charge is -2.06. The first kappa shape index (κ1) is 19.0. The summed E-state index contributed by atoms with van der Waals surface area (Å²) in [5, 5.41) is 8.66. The molecule has 0 fully saturated rings. The molecule has 3 rings (SSSR count). The topological polar surface area (TPSA) is 57.0 Å². The van der Waals surface area contributed by atoms with Gasteiger partial charge in [-0.05, 0) is 48.5 Å². The molecular formula is C18H14F3N3O2S. The van der Waals surface area contributed by atoms with Crippen molar-refractivity contribution < 1.29 is 22.7 Å². The van der Waals surface area contributed by atoms with E-state index < -0.39 is 6.61 Å². The molecule has 0 unspecified atom stereocenters. The molecule has 0 aliphatic heterocycles. The van der Waals surface area contributed by atoms with E-state index in [2.05, 4.69) is 14.9 Å². The normalized spacial score (nSPS) is 11.0. The lowest BCUT2D eigenvalue weighted by Crippen LogP contribution is -2.05. The van der Waals surface area contributed by atoms with E-state index >= 15 is 0 Å². The Balaban J connectivity index is 1.64. The van der Waals surface area contributed by atoms with Crippen LogP contribution >= 0.6 is 11.8 Å². The number of benzene rings is 2. The minimum atomic E-state index is -2.91. The van der Waals surface area contributed by atoms with Crippen LogP contribution in [0.1, 0.15) is 10.4 Å². The number of carbonyl (C=O) groups excluding carboxylic acids is 1. The van der Waals surface area contributed by atoms with Crippen LogP contribution in [0.15, 0.2) is 53.7 Å². The van der Waals surface area contributed by atoms with Crippen molar-refractivity contribution in [1.29, 1.82) is 0 Å². The maximum atomic E-state index is 13.0. The Hall–Kier alpha value is -2.81. The molecule has 0 amide bonds. The van der Waals surface area contributed by atoms with E-state index in [4.69, 9.17) is 0 Å². The number of carbonyl (C=O) groups is 1.